The van der Waals surface area contributed by atoms with Crippen molar-refractivity contribution < 1.29 is 33.2 Å². The van der Waals surface area contributed by atoms with Crippen LogP contribution < -0.4 is 18.9 Å². The van der Waals surface area contributed by atoms with Crippen molar-refractivity contribution in [3.05, 3.63) is 83.4 Å². The molecular weight excluding hydrogens is 582 g/mol. The van der Waals surface area contributed by atoms with Crippen LogP contribution in [-0.4, -0.2) is 62.7 Å². The van der Waals surface area contributed by atoms with Gasteiger partial charge in [0.25, 0.3) is 0 Å². The molecule has 46 heavy (non-hydrogen) atoms. The van der Waals surface area contributed by atoms with Crippen molar-refractivity contribution in [1.29, 1.82) is 0 Å². The van der Waals surface area contributed by atoms with Crippen molar-refractivity contribution in [2.24, 2.45) is 0 Å². The summed E-state index contributed by atoms with van der Waals surface area (Å²) in [6.07, 6.45) is 8.85. The van der Waals surface area contributed by atoms with Crippen LogP contribution in [0.15, 0.2) is 66.7 Å². The van der Waals surface area contributed by atoms with Gasteiger partial charge in [0.1, 0.15) is 35.7 Å². The van der Waals surface area contributed by atoms with Crippen LogP contribution in [0.1, 0.15) is 91.3 Å². The van der Waals surface area contributed by atoms with E-state index in [-0.39, 0.29) is 18.4 Å². The van der Waals surface area contributed by atoms with Gasteiger partial charge in [-0.15, -0.1) is 0 Å². The molecule has 0 aromatic heterocycles. The Morgan fingerprint density at radius 1 is 0.674 bits per heavy atom. The molecule has 0 amide bonds. The van der Waals surface area contributed by atoms with E-state index < -0.39 is 12.0 Å². The summed E-state index contributed by atoms with van der Waals surface area (Å²) in [5.41, 5.74) is 2.33. The minimum absolute atomic E-state index is 0.0119. The van der Waals surface area contributed by atoms with Gasteiger partial charge in [-0.05, 0) is 99.1 Å². The molecule has 244 valence electrons. The number of likely N-dealkylation sites (tertiary alicyclic amines) is 1. The van der Waals surface area contributed by atoms with Crippen LogP contribution in [-0.2, 0) is 9.47 Å². The summed E-state index contributed by atoms with van der Waals surface area (Å²) in [5, 5.41) is 0. The number of carbonyl (C=O) groups is 1. The number of fused-ring (bicyclic) bond motifs is 1. The summed E-state index contributed by atoms with van der Waals surface area (Å²) in [4.78, 5) is 16.7. The maximum Gasteiger partial charge on any atom is 0.199 e. The molecule has 0 radical (unpaired) electrons. The highest BCUT2D eigenvalue weighted by atomic mass is 16.7. The van der Waals surface area contributed by atoms with Crippen molar-refractivity contribution in [2.75, 3.05) is 39.5 Å². The molecule has 3 aromatic rings. The highest BCUT2D eigenvalue weighted by Crippen LogP contribution is 2.45. The zero-order valence-corrected chi connectivity index (χ0v) is 26.6. The smallest absolute Gasteiger partial charge is 0.199 e. The molecule has 7 rings (SSSR count). The first kappa shape index (κ1) is 31.0. The molecule has 4 aliphatic rings. The van der Waals surface area contributed by atoms with E-state index in [0.29, 0.717) is 30.3 Å². The SMILES string of the molecule is O=C1c2ccc(OC3CCCCO3)cc2O[C@@H](c2ccc(OCCN3CCCCC3)cc2)[C@@H]1c1ccc(OC2CCCCO2)cc1. The predicted molar refractivity (Wildman–Crippen MR) is 174 cm³/mol. The highest BCUT2D eigenvalue weighted by molar-refractivity contribution is 6.05. The lowest BCUT2D eigenvalue weighted by molar-refractivity contribution is -0.106. The molecule has 8 nitrogen and oxygen atoms in total. The Balaban J connectivity index is 1.11. The zero-order chi connectivity index (χ0) is 31.1. The standard InChI is InChI=1S/C38H45NO7/c40-37-32-19-18-31(45-35-9-3-7-24-43-35)26-33(32)46-38(28-12-14-29(15-13-28)41-25-22-39-20-4-1-5-21-39)36(37)27-10-16-30(17-11-27)44-34-8-2-6-23-42-34/h10-19,26,34-36,38H,1-9,20-25H2/t34?,35?,36-,38+/m1/s1. The maximum absolute atomic E-state index is 14.2. The molecule has 4 heterocycles. The average molecular weight is 628 g/mol. The number of piperidine rings is 1. The molecule has 0 aliphatic carbocycles. The van der Waals surface area contributed by atoms with E-state index in [1.807, 2.05) is 66.7 Å². The predicted octanol–water partition coefficient (Wildman–Crippen LogP) is 7.46. The molecule has 3 fully saturated rings. The molecule has 2 unspecified atom stereocenters. The highest BCUT2D eigenvalue weighted by Gasteiger charge is 2.40. The van der Waals surface area contributed by atoms with Crippen LogP contribution in [0.2, 0.25) is 0 Å². The summed E-state index contributed by atoms with van der Waals surface area (Å²) in [6, 6.07) is 21.3. The lowest BCUT2D eigenvalue weighted by atomic mass is 9.81. The topological polar surface area (TPSA) is 75.7 Å². The van der Waals surface area contributed by atoms with Crippen LogP contribution in [0.3, 0.4) is 0 Å². The summed E-state index contributed by atoms with van der Waals surface area (Å²) >= 11 is 0. The zero-order valence-electron chi connectivity index (χ0n) is 26.6. The number of Topliss-reactive ketones (excluding diaryl/α,β-unsaturated/α-hetero) is 1. The van der Waals surface area contributed by atoms with Gasteiger partial charge in [-0.3, -0.25) is 9.69 Å². The summed E-state index contributed by atoms with van der Waals surface area (Å²) in [5.74, 6) is 2.18. The van der Waals surface area contributed by atoms with Gasteiger partial charge in [0.2, 0.25) is 0 Å². The molecule has 0 bridgehead atoms. The van der Waals surface area contributed by atoms with Crippen molar-refractivity contribution >= 4 is 5.78 Å². The Morgan fingerprint density at radius 3 is 1.98 bits per heavy atom. The lowest BCUT2D eigenvalue weighted by Crippen LogP contribution is -2.33. The number of hydrogen-bond donors (Lipinski definition) is 0. The first-order valence-corrected chi connectivity index (χ1v) is 17.2. The van der Waals surface area contributed by atoms with Crippen LogP contribution in [0, 0.1) is 0 Å². The van der Waals surface area contributed by atoms with Crippen LogP contribution >= 0.6 is 0 Å². The fraction of sp³-hybridized carbons (Fsp3) is 0.500. The Kier molecular flexibility index (Phi) is 10.0. The Labute approximate surface area is 271 Å². The quantitative estimate of drug-likeness (QED) is 0.229. The Hall–Kier alpha value is -3.59. The number of ether oxygens (including phenoxy) is 6. The second kappa shape index (κ2) is 14.9. The minimum Gasteiger partial charge on any atom is -0.492 e. The van der Waals surface area contributed by atoms with Crippen molar-refractivity contribution in [3.63, 3.8) is 0 Å². The van der Waals surface area contributed by atoms with Gasteiger partial charge in [-0.25, -0.2) is 0 Å². The largest absolute Gasteiger partial charge is 0.492 e. The van der Waals surface area contributed by atoms with Gasteiger partial charge in [0, 0.05) is 25.5 Å². The van der Waals surface area contributed by atoms with E-state index in [2.05, 4.69) is 4.90 Å². The van der Waals surface area contributed by atoms with E-state index in [1.54, 1.807) is 0 Å². The molecule has 0 N–H and O–H groups in total. The van der Waals surface area contributed by atoms with Crippen LogP contribution in [0.4, 0.5) is 0 Å². The van der Waals surface area contributed by atoms with Gasteiger partial charge in [0.15, 0.2) is 18.4 Å². The number of nitrogens with zero attached hydrogens (tertiary/aromatic N) is 1. The van der Waals surface area contributed by atoms with Gasteiger partial charge in [-0.1, -0.05) is 30.7 Å². The van der Waals surface area contributed by atoms with Gasteiger partial charge < -0.3 is 28.4 Å². The summed E-state index contributed by atoms with van der Waals surface area (Å²) in [6.45, 7) is 5.32. The van der Waals surface area contributed by atoms with Crippen LogP contribution in [0.25, 0.3) is 0 Å². The van der Waals surface area contributed by atoms with Gasteiger partial charge in [0.05, 0.1) is 24.7 Å². The summed E-state index contributed by atoms with van der Waals surface area (Å²) < 4.78 is 36.5. The Bertz CT molecular complexity index is 1420. The molecular formula is C38H45NO7. The normalized spacial score (nSPS) is 25.3. The van der Waals surface area contributed by atoms with Gasteiger partial charge >= 0.3 is 0 Å². The van der Waals surface area contributed by atoms with E-state index in [4.69, 9.17) is 28.4 Å². The molecule has 0 spiro atoms. The molecule has 4 aliphatic heterocycles. The number of carbonyl (C=O) groups excluding carboxylic acids is 1. The van der Waals surface area contributed by atoms with Crippen molar-refractivity contribution in [3.8, 4) is 23.0 Å². The van der Waals surface area contributed by atoms with E-state index in [1.165, 1.54) is 19.3 Å². The first-order valence-electron chi connectivity index (χ1n) is 17.2. The molecule has 8 heteroatoms. The minimum atomic E-state index is -0.535. The lowest BCUT2D eigenvalue weighted by Gasteiger charge is -2.34. The first-order chi connectivity index (χ1) is 22.7. The monoisotopic (exact) mass is 627 g/mol. The fourth-order valence-corrected chi connectivity index (χ4v) is 6.87. The number of rotatable bonds is 10. The summed E-state index contributed by atoms with van der Waals surface area (Å²) in [7, 11) is 0. The molecule has 3 aromatic carbocycles. The second-order valence-corrected chi connectivity index (χ2v) is 12.8. The third-order valence-electron chi connectivity index (χ3n) is 9.44. The maximum atomic E-state index is 14.2. The third kappa shape index (κ3) is 7.51. The van der Waals surface area contributed by atoms with E-state index in [9.17, 15) is 4.79 Å². The van der Waals surface area contributed by atoms with Crippen LogP contribution in [0.5, 0.6) is 23.0 Å². The number of ketones is 1. The molecule has 3 saturated heterocycles. The van der Waals surface area contributed by atoms with Gasteiger partial charge in [-0.2, -0.15) is 0 Å². The van der Waals surface area contributed by atoms with Crippen molar-refractivity contribution in [2.45, 2.75) is 82.4 Å². The number of hydrogen-bond acceptors (Lipinski definition) is 8. The molecule has 4 atom stereocenters. The van der Waals surface area contributed by atoms with E-state index in [0.717, 1.165) is 87.4 Å². The molecule has 0 saturated carbocycles. The fourth-order valence-electron chi connectivity index (χ4n) is 6.87. The van der Waals surface area contributed by atoms with E-state index >= 15 is 0 Å². The Morgan fingerprint density at radius 2 is 1.30 bits per heavy atom. The van der Waals surface area contributed by atoms with Crippen molar-refractivity contribution in [1.82, 2.24) is 4.90 Å². The second-order valence-electron chi connectivity index (χ2n) is 12.8. The number of benzene rings is 3. The third-order valence-corrected chi connectivity index (χ3v) is 9.44. The average Bonchev–Trinajstić information content (AvgIpc) is 3.10.